The minimum atomic E-state index is -0.618. The lowest BCUT2D eigenvalue weighted by atomic mass is 9.83. The van der Waals surface area contributed by atoms with Crippen LogP contribution in [0.1, 0.15) is 101 Å². The van der Waals surface area contributed by atoms with Crippen LogP contribution in [0, 0.1) is 5.41 Å². The number of hydrogen-bond donors (Lipinski definition) is 3. The van der Waals surface area contributed by atoms with Gasteiger partial charge in [-0.05, 0) is 115 Å². The Balaban J connectivity index is 0.698. The van der Waals surface area contributed by atoms with Crippen molar-refractivity contribution >= 4 is 46.6 Å². The summed E-state index contributed by atoms with van der Waals surface area (Å²) in [6.07, 6.45) is 10.8. The van der Waals surface area contributed by atoms with Gasteiger partial charge in [-0.2, -0.15) is 0 Å². The van der Waals surface area contributed by atoms with E-state index >= 15 is 0 Å². The highest BCUT2D eigenvalue weighted by molar-refractivity contribution is 6.07. The quantitative estimate of drug-likeness (QED) is 0.185. The SMILES string of the molecule is C[C@H]1CN([C@H]2CCN3Cc4ccc5c(c4C[C@@H]3C2)CN(C2CCC(=O)NC2=O)C5=O)CCN1c1ccc(Nc2cc(-c3ccnc(N4CCn5c(cc6c5CC(C)(C)C6)C4=O)c3CO)cn(C)c2=O)nc1. The van der Waals surface area contributed by atoms with E-state index in [1.807, 2.05) is 30.5 Å². The number of piperidine rings is 2. The average molecular weight is 960 g/mol. The van der Waals surface area contributed by atoms with Crippen LogP contribution in [0.25, 0.3) is 11.1 Å². The van der Waals surface area contributed by atoms with E-state index in [1.54, 1.807) is 35.3 Å². The third kappa shape index (κ3) is 7.83. The predicted molar refractivity (Wildman–Crippen MR) is 267 cm³/mol. The van der Waals surface area contributed by atoms with Gasteiger partial charge in [-0.1, -0.05) is 19.9 Å². The van der Waals surface area contributed by atoms with Gasteiger partial charge in [-0.3, -0.25) is 44.0 Å². The van der Waals surface area contributed by atoms with Gasteiger partial charge in [0.2, 0.25) is 11.8 Å². The van der Waals surface area contributed by atoms with Crippen LogP contribution in [0.2, 0.25) is 0 Å². The Labute approximate surface area is 412 Å². The van der Waals surface area contributed by atoms with Crippen LogP contribution < -0.4 is 26.0 Å². The number of pyridine rings is 3. The van der Waals surface area contributed by atoms with E-state index < -0.39 is 6.04 Å². The first-order chi connectivity index (χ1) is 34.2. The molecule has 1 aromatic carbocycles. The summed E-state index contributed by atoms with van der Waals surface area (Å²) < 4.78 is 3.68. The summed E-state index contributed by atoms with van der Waals surface area (Å²) in [4.78, 5) is 86.2. The molecule has 1 aliphatic carbocycles. The molecule has 5 aromatic rings. The number of piperazine rings is 1. The first-order valence-corrected chi connectivity index (χ1v) is 25.3. The number of imide groups is 1. The number of aliphatic hydroxyl groups excluding tert-OH is 1. The Hall–Kier alpha value is -6.69. The lowest BCUT2D eigenvalue weighted by molar-refractivity contribution is -0.136. The molecule has 17 heteroatoms. The average Bonchev–Trinajstić information content (AvgIpc) is 3.98. The highest BCUT2D eigenvalue weighted by atomic mass is 16.3. The predicted octanol–water partition coefficient (Wildman–Crippen LogP) is 4.53. The van der Waals surface area contributed by atoms with Crippen molar-refractivity contribution in [2.24, 2.45) is 12.5 Å². The summed E-state index contributed by atoms with van der Waals surface area (Å²) in [5, 5.41) is 16.5. The number of aryl methyl sites for hydroxylation is 1. The number of carbonyl (C=O) groups is 4. The number of anilines is 4. The molecule has 368 valence electrons. The molecule has 0 bridgehead atoms. The molecule has 6 aliphatic heterocycles. The number of fused-ring (bicyclic) bond motifs is 7. The van der Waals surface area contributed by atoms with Crippen LogP contribution in [-0.4, -0.2) is 119 Å². The van der Waals surface area contributed by atoms with Crippen LogP contribution in [-0.2, 0) is 62.1 Å². The number of rotatable bonds is 8. The molecule has 0 saturated carbocycles. The van der Waals surface area contributed by atoms with Gasteiger partial charge in [-0.25, -0.2) is 9.97 Å². The third-order valence-electron chi connectivity index (χ3n) is 16.6. The number of nitrogens with zero attached hydrogens (tertiary/aromatic N) is 9. The molecule has 4 amide bonds. The molecule has 3 saturated heterocycles. The van der Waals surface area contributed by atoms with Gasteiger partial charge < -0.3 is 29.4 Å². The second-order valence-corrected chi connectivity index (χ2v) is 21.7. The maximum absolute atomic E-state index is 14.0. The first-order valence-electron chi connectivity index (χ1n) is 25.3. The lowest BCUT2D eigenvalue weighted by Crippen LogP contribution is -2.58. The van der Waals surface area contributed by atoms with Gasteiger partial charge in [0, 0.05) is 119 Å². The molecule has 3 fully saturated rings. The fourth-order valence-electron chi connectivity index (χ4n) is 13.1. The van der Waals surface area contributed by atoms with E-state index in [1.165, 1.54) is 27.0 Å². The van der Waals surface area contributed by atoms with Crippen molar-refractivity contribution < 1.29 is 24.3 Å². The maximum Gasteiger partial charge on any atom is 0.276 e. The Morgan fingerprint density at radius 3 is 2.48 bits per heavy atom. The van der Waals surface area contributed by atoms with Crippen LogP contribution in [0.3, 0.4) is 0 Å². The smallest absolute Gasteiger partial charge is 0.276 e. The van der Waals surface area contributed by atoms with Crippen LogP contribution in [0.15, 0.2) is 65.8 Å². The van der Waals surface area contributed by atoms with Gasteiger partial charge in [0.05, 0.1) is 18.5 Å². The monoisotopic (exact) mass is 959 g/mol. The van der Waals surface area contributed by atoms with Crippen molar-refractivity contribution in [3.8, 4) is 11.1 Å². The minimum Gasteiger partial charge on any atom is -0.392 e. The molecule has 4 atom stereocenters. The Morgan fingerprint density at radius 1 is 0.831 bits per heavy atom. The third-order valence-corrected chi connectivity index (χ3v) is 16.6. The Bertz CT molecular complexity index is 3110. The van der Waals surface area contributed by atoms with Crippen molar-refractivity contribution in [1.29, 1.82) is 0 Å². The van der Waals surface area contributed by atoms with Crippen molar-refractivity contribution in [2.75, 3.05) is 47.8 Å². The zero-order valence-corrected chi connectivity index (χ0v) is 40.9. The molecule has 0 radical (unpaired) electrons. The summed E-state index contributed by atoms with van der Waals surface area (Å²) in [7, 11) is 1.70. The van der Waals surface area contributed by atoms with E-state index in [4.69, 9.17) is 4.98 Å². The van der Waals surface area contributed by atoms with Crippen LogP contribution >= 0.6 is 0 Å². The van der Waals surface area contributed by atoms with E-state index in [-0.39, 0.29) is 53.7 Å². The molecular weight excluding hydrogens is 899 g/mol. The molecule has 12 rings (SSSR count). The molecule has 0 spiro atoms. The first kappa shape index (κ1) is 45.4. The number of amides is 4. The molecule has 3 N–H and O–H groups in total. The molecule has 1 unspecified atom stereocenters. The summed E-state index contributed by atoms with van der Waals surface area (Å²) in [6.45, 7) is 12.6. The largest absolute Gasteiger partial charge is 0.392 e. The van der Waals surface area contributed by atoms with E-state index in [9.17, 15) is 29.1 Å². The normalized spacial score (nSPS) is 24.1. The summed E-state index contributed by atoms with van der Waals surface area (Å²) in [5.74, 6) is 0.0516. The maximum atomic E-state index is 14.0. The van der Waals surface area contributed by atoms with Crippen molar-refractivity contribution in [3.05, 3.63) is 116 Å². The zero-order valence-electron chi connectivity index (χ0n) is 40.9. The second kappa shape index (κ2) is 17.3. The highest BCUT2D eigenvalue weighted by Crippen LogP contribution is 2.42. The fourth-order valence-corrected chi connectivity index (χ4v) is 13.1. The molecule has 7 aliphatic rings. The molecule has 17 nitrogen and oxygen atoms in total. The number of aromatic nitrogens is 4. The summed E-state index contributed by atoms with van der Waals surface area (Å²) >= 11 is 0. The van der Waals surface area contributed by atoms with Gasteiger partial charge in [0.15, 0.2) is 0 Å². The molecule has 4 aromatic heterocycles. The highest BCUT2D eigenvalue weighted by Gasteiger charge is 2.44. The van der Waals surface area contributed by atoms with Crippen molar-refractivity contribution in [1.82, 2.24) is 39.1 Å². The van der Waals surface area contributed by atoms with Gasteiger partial charge in [0.25, 0.3) is 17.4 Å². The van der Waals surface area contributed by atoms with Gasteiger partial charge in [-0.15, -0.1) is 0 Å². The fraction of sp³-hybridized carbons (Fsp3) is 0.463. The number of benzene rings is 1. The van der Waals surface area contributed by atoms with Gasteiger partial charge >= 0.3 is 0 Å². The number of hydrogen-bond acceptors (Lipinski definition) is 12. The van der Waals surface area contributed by atoms with Crippen molar-refractivity contribution in [2.45, 2.75) is 116 Å². The van der Waals surface area contributed by atoms with E-state index in [0.717, 1.165) is 76.1 Å². The van der Waals surface area contributed by atoms with E-state index in [2.05, 4.69) is 67.8 Å². The van der Waals surface area contributed by atoms with Crippen LogP contribution in [0.5, 0.6) is 0 Å². The summed E-state index contributed by atoms with van der Waals surface area (Å²) in [5.41, 5.74) is 10.6. The zero-order chi connectivity index (χ0) is 49.0. The van der Waals surface area contributed by atoms with E-state index in [0.29, 0.717) is 83.4 Å². The van der Waals surface area contributed by atoms with Crippen LogP contribution in [0.4, 0.5) is 23.0 Å². The standard InChI is InChI=1S/C54H61N11O6/c1-31-26-61(35-12-14-60-28-32-5-7-39-41(40(32)22-37(60)21-35)29-65(51(39)69)44-8-10-48(67)58-50(44)68)15-16-62(31)36-6-9-47(56-25-36)57-43-19-34(27-59(4)52(43)70)38-11-13-55-49(42(38)30-66)64-18-17-63-45(53(64)71)20-33-23-54(2,3)24-46(33)63/h5-7,9,11,13,19-20,25,27,31,35,37,44,66H,8,10,12,14-18,21-24,26,28-30H2,1-4H3,(H,56,57)(H,58,67,68)/t31-,35-,37-,44?/m0/s1. The Kier molecular flexibility index (Phi) is 11.1. The number of aliphatic hydroxyl groups is 1. The topological polar surface area (TPSA) is 181 Å². The lowest BCUT2D eigenvalue weighted by Gasteiger charge is -2.49. The second-order valence-electron chi connectivity index (χ2n) is 21.7. The van der Waals surface area contributed by atoms with Crippen molar-refractivity contribution in [3.63, 3.8) is 0 Å². The molecular formula is C54H61N11O6. The molecule has 10 heterocycles. The minimum absolute atomic E-state index is 0.115. The summed E-state index contributed by atoms with van der Waals surface area (Å²) in [6, 6.07) is 14.1. The number of carbonyl (C=O) groups excluding carboxylic acids is 4. The van der Waals surface area contributed by atoms with Gasteiger partial charge in [0.1, 0.15) is 29.1 Å². The molecule has 71 heavy (non-hydrogen) atoms. The number of nitrogens with one attached hydrogen (secondary N) is 2. The Morgan fingerprint density at radius 2 is 1.69 bits per heavy atom.